The number of amides is 4. The van der Waals surface area contributed by atoms with Gasteiger partial charge in [0.05, 0.1) is 89.6 Å². The number of rotatable bonds is 23. The van der Waals surface area contributed by atoms with Gasteiger partial charge in [0, 0.05) is 59.7 Å². The summed E-state index contributed by atoms with van der Waals surface area (Å²) in [5.74, 6) is -10.4. The van der Waals surface area contributed by atoms with Crippen molar-refractivity contribution in [2.24, 2.45) is 23.7 Å². The third kappa shape index (κ3) is 26.5. The number of hydrogen-bond donors (Lipinski definition) is 8. The monoisotopic (exact) mass is 1840 g/mol. The maximum absolute atomic E-state index is 14.0. The molecule has 4 saturated carbocycles. The van der Waals surface area contributed by atoms with Gasteiger partial charge in [-0.2, -0.15) is 0 Å². The van der Waals surface area contributed by atoms with E-state index in [2.05, 4.69) is 68.8 Å². The largest absolute Gasteiger partial charge is 0.399 e. The van der Waals surface area contributed by atoms with Gasteiger partial charge in [-0.3, -0.25) is 19.2 Å². The Kier molecular flexibility index (Phi) is 32.6. The fourth-order valence-electron chi connectivity index (χ4n) is 16.4. The molecule has 0 saturated heterocycles. The van der Waals surface area contributed by atoms with Gasteiger partial charge in [-0.1, -0.05) is 213 Å². The summed E-state index contributed by atoms with van der Waals surface area (Å²) in [7, 11) is 0. The molecule has 4 aliphatic rings. The lowest BCUT2D eigenvalue weighted by atomic mass is 9.86. The van der Waals surface area contributed by atoms with Crippen molar-refractivity contribution >= 4 is 92.2 Å². The molecule has 4 aromatic heterocycles. The summed E-state index contributed by atoms with van der Waals surface area (Å²) in [4.78, 5) is 87.8. The van der Waals surface area contributed by atoms with Crippen LogP contribution in [0.3, 0.4) is 0 Å². The number of carbonyl (C=O) groups is 4. The van der Waals surface area contributed by atoms with Crippen LogP contribution in [-0.4, -0.2) is 63.5 Å². The molecule has 0 atom stereocenters. The van der Waals surface area contributed by atoms with Crippen molar-refractivity contribution < 1.29 is 49.9 Å². The van der Waals surface area contributed by atoms with E-state index in [1.807, 2.05) is 115 Å². The lowest BCUT2D eigenvalue weighted by molar-refractivity contribution is -0.116. The highest BCUT2D eigenvalue weighted by molar-refractivity contribution is 14.1. The lowest BCUT2D eigenvalue weighted by Crippen LogP contribution is -2.21. The Balaban J connectivity index is 0.000000145. The Morgan fingerprint density at radius 3 is 0.937 bits per heavy atom. The van der Waals surface area contributed by atoms with Crippen molar-refractivity contribution in [1.82, 2.24) is 39.9 Å². The summed E-state index contributed by atoms with van der Waals surface area (Å²) >= 11 is 2.26. The van der Waals surface area contributed by atoms with Crippen molar-refractivity contribution in [3.05, 3.63) is 284 Å². The molecule has 16 rings (SSSR count). The highest BCUT2D eigenvalue weighted by Crippen LogP contribution is 2.36. The number of benzene rings is 8. The SMILES string of the molecule is Nc1ccc(-c2cnc(NC(=O)Cc3c(F)c(F)c(F)c(F)c3F)c(CC3CCCCC3)n2)cc1.Nc1ccc(-c2cnc(NC(=O)Cc3ccc(F)c(F)c3)c(CC3CCCCC3)n2)cc1.Nc1ccc(-c2cnc(NC(=O)Cc3ccc(I)cc3)c(CC3CCCCC3)n2)cc1.Nc1ccc(-c2cnc(NC(=O)c3ccccc3)c(CC3CCCCC3)n2)cc1. The minimum Gasteiger partial charge on any atom is -0.399 e. The van der Waals surface area contributed by atoms with Crippen LogP contribution in [0.15, 0.2) is 195 Å². The molecular formula is C99H102F7IN16O4. The highest BCUT2D eigenvalue weighted by atomic mass is 127. The second-order valence-corrected chi connectivity index (χ2v) is 34.2. The third-order valence-electron chi connectivity index (χ3n) is 23.3. The second-order valence-electron chi connectivity index (χ2n) is 32.9. The van der Waals surface area contributed by atoms with Crippen LogP contribution < -0.4 is 44.2 Å². The summed E-state index contributed by atoms with van der Waals surface area (Å²) in [5, 5.41) is 11.2. The van der Waals surface area contributed by atoms with E-state index in [0.29, 0.717) is 87.9 Å². The van der Waals surface area contributed by atoms with Gasteiger partial charge in [-0.15, -0.1) is 0 Å². The molecule has 12 N–H and O–H groups in total. The van der Waals surface area contributed by atoms with Crippen molar-refractivity contribution in [3.63, 3.8) is 0 Å². The van der Waals surface area contributed by atoms with Crippen molar-refractivity contribution in [2.45, 2.75) is 173 Å². The first-order valence-electron chi connectivity index (χ1n) is 43.3. The highest BCUT2D eigenvalue weighted by Gasteiger charge is 2.30. The smallest absolute Gasteiger partial charge is 0.256 e. The molecule has 0 bridgehead atoms. The number of nitrogen functional groups attached to an aromatic ring is 4. The Morgan fingerprint density at radius 2 is 0.614 bits per heavy atom. The van der Waals surface area contributed by atoms with Crippen molar-refractivity contribution in [1.29, 1.82) is 0 Å². The van der Waals surface area contributed by atoms with E-state index in [1.54, 1.807) is 55.0 Å². The molecule has 0 unspecified atom stereocenters. The van der Waals surface area contributed by atoms with Gasteiger partial charge < -0.3 is 44.2 Å². The molecular weight excluding hydrogens is 1740 g/mol. The van der Waals surface area contributed by atoms with Crippen LogP contribution in [0.25, 0.3) is 45.0 Å². The molecule has 4 heterocycles. The van der Waals surface area contributed by atoms with Crippen LogP contribution >= 0.6 is 22.6 Å². The Hall–Kier alpha value is -12.6. The molecule has 4 aliphatic carbocycles. The molecule has 28 heteroatoms. The van der Waals surface area contributed by atoms with Gasteiger partial charge in [0.2, 0.25) is 23.5 Å². The number of nitrogens with one attached hydrogen (secondary N) is 4. The zero-order chi connectivity index (χ0) is 89.3. The number of aromatic nitrogens is 8. The maximum atomic E-state index is 14.0. The number of anilines is 8. The Morgan fingerprint density at radius 1 is 0.323 bits per heavy atom. The van der Waals surface area contributed by atoms with Crippen molar-refractivity contribution in [3.8, 4) is 45.0 Å². The van der Waals surface area contributed by atoms with E-state index in [-0.39, 0.29) is 30.0 Å². The average molecular weight is 1840 g/mol. The number of hydrogen-bond acceptors (Lipinski definition) is 16. The van der Waals surface area contributed by atoms with Crippen molar-refractivity contribution in [2.75, 3.05) is 44.2 Å². The van der Waals surface area contributed by atoms with E-state index in [9.17, 15) is 49.9 Å². The predicted octanol–water partition coefficient (Wildman–Crippen LogP) is 21.8. The predicted molar refractivity (Wildman–Crippen MR) is 492 cm³/mol. The minimum atomic E-state index is -2.27. The van der Waals surface area contributed by atoms with E-state index in [1.165, 1.54) is 95.7 Å². The fraction of sp³-hybridized carbons (Fsp3) is 0.313. The molecule has 8 aromatic carbocycles. The first-order chi connectivity index (χ1) is 61.5. The van der Waals surface area contributed by atoms with Gasteiger partial charge in [0.15, 0.2) is 58.2 Å². The molecule has 0 radical (unpaired) electrons. The van der Waals surface area contributed by atoms with Crippen LogP contribution in [0, 0.1) is 68.0 Å². The van der Waals surface area contributed by atoms with Crippen LogP contribution in [0.1, 0.15) is 178 Å². The zero-order valence-electron chi connectivity index (χ0n) is 70.4. The van der Waals surface area contributed by atoms with Crippen LogP contribution in [0.2, 0.25) is 0 Å². The summed E-state index contributed by atoms with van der Waals surface area (Å²) in [6.07, 6.45) is 32.4. The van der Waals surface area contributed by atoms with Crippen LogP contribution in [0.5, 0.6) is 0 Å². The molecule has 0 aliphatic heterocycles. The number of nitrogens with two attached hydrogens (primary N) is 4. The number of nitrogens with zero attached hydrogens (tertiary/aromatic N) is 8. The van der Waals surface area contributed by atoms with Gasteiger partial charge >= 0.3 is 0 Å². The zero-order valence-corrected chi connectivity index (χ0v) is 72.6. The van der Waals surface area contributed by atoms with Gasteiger partial charge in [-0.05, 0) is 168 Å². The first kappa shape index (κ1) is 92.1. The summed E-state index contributed by atoms with van der Waals surface area (Å²) in [6.45, 7) is 0. The van der Waals surface area contributed by atoms with Crippen LogP contribution in [0.4, 0.5) is 76.8 Å². The Bertz CT molecular complexity index is 5720. The number of carbonyl (C=O) groups excluding carboxylic acids is 4. The normalized spacial score (nSPS) is 14.3. The third-order valence-corrected chi connectivity index (χ3v) is 24.1. The maximum Gasteiger partial charge on any atom is 0.256 e. The van der Waals surface area contributed by atoms with Gasteiger partial charge in [-0.25, -0.2) is 70.6 Å². The second kappa shape index (κ2) is 45.0. The Labute approximate surface area is 747 Å². The fourth-order valence-corrected chi connectivity index (χ4v) is 16.8. The molecule has 4 amide bonds. The first-order valence-corrected chi connectivity index (χ1v) is 44.4. The molecule has 658 valence electrons. The van der Waals surface area contributed by atoms with E-state index in [4.69, 9.17) is 37.9 Å². The number of halogens is 8. The minimum absolute atomic E-state index is 0.0689. The molecule has 127 heavy (non-hydrogen) atoms. The topological polar surface area (TPSA) is 324 Å². The molecule has 12 aromatic rings. The lowest BCUT2D eigenvalue weighted by Gasteiger charge is -2.22. The standard InChI is InChI=1S/C25H23F5N4O.C25H26F2N4O.C25H27IN4O.C24H26N4O/c26-20-16(21(27)23(29)24(30)22(20)28)11-19(35)34-25-17(10-13-4-2-1-3-5-13)33-18(12-32-25)14-6-8-15(31)9-7-14;26-20-11-6-17(12-21(20)27)14-24(32)31-25-22(13-16-4-2-1-3-5-16)30-23(15-29-25)18-7-9-19(28)10-8-18;26-20-10-6-18(7-11-20)15-24(31)30-25-22(14-17-4-2-1-3-5-17)29-23(16-28-25)19-8-12-21(27)13-9-19;25-20-13-11-18(12-14-20)22-16-26-23(28-24(29)19-9-5-2-6-10-19)21(27-22)15-17-7-3-1-4-8-17/h6-9,12-13H,1-5,10-11,31H2,(H,32,34,35);6-12,15-16H,1-5,13-14,28H2,(H,29,31,32);6-13,16-17H,1-5,14-15,27H2,(H,28,30,31);2,5-6,9-14,16-17H,1,3-4,7-8,15,25H2,(H,26,28,29). The molecule has 20 nitrogen and oxygen atoms in total. The van der Waals surface area contributed by atoms with E-state index < -0.39 is 58.6 Å². The summed E-state index contributed by atoms with van der Waals surface area (Å²) in [6, 6.07) is 50.4. The summed E-state index contributed by atoms with van der Waals surface area (Å²) in [5.41, 5.74) is 36.1. The quantitative estimate of drug-likeness (QED) is 0.00970. The van der Waals surface area contributed by atoms with Crippen LogP contribution in [-0.2, 0) is 59.3 Å². The average Bonchev–Trinajstić information content (AvgIpc) is 0.805. The molecule has 0 spiro atoms. The van der Waals surface area contributed by atoms with E-state index in [0.717, 1.165) is 153 Å². The molecule has 4 fully saturated rings. The van der Waals surface area contributed by atoms with Gasteiger partial charge in [0.1, 0.15) is 0 Å². The summed E-state index contributed by atoms with van der Waals surface area (Å²) < 4.78 is 96.2. The van der Waals surface area contributed by atoms with E-state index >= 15 is 0 Å². The van der Waals surface area contributed by atoms with Gasteiger partial charge in [0.25, 0.3) is 5.91 Å².